The highest BCUT2D eigenvalue weighted by Gasteiger charge is 2.51. The maximum atomic E-state index is 12.6. The summed E-state index contributed by atoms with van der Waals surface area (Å²) in [4.78, 5) is 77.1. The van der Waals surface area contributed by atoms with Gasteiger partial charge >= 0.3 is 30.9 Å². The molecule has 0 aromatic carbocycles. The molecule has 670 valence electrons. The number of halogens is 19. The fourth-order valence-corrected chi connectivity index (χ4v) is 19.0. The van der Waals surface area contributed by atoms with Gasteiger partial charge in [0.25, 0.3) is 23.6 Å². The van der Waals surface area contributed by atoms with Crippen LogP contribution in [0.2, 0.25) is 0 Å². The number of sulfonamides is 1. The first kappa shape index (κ1) is 104. The van der Waals surface area contributed by atoms with Crippen LogP contribution in [0.1, 0.15) is 232 Å². The van der Waals surface area contributed by atoms with Crippen molar-refractivity contribution in [1.29, 1.82) is 0 Å². The van der Waals surface area contributed by atoms with E-state index in [2.05, 4.69) is 43.5 Å². The van der Waals surface area contributed by atoms with E-state index in [-0.39, 0.29) is 134 Å². The van der Waals surface area contributed by atoms with E-state index in [1.165, 1.54) is 10.7 Å². The highest BCUT2D eigenvalue weighted by molar-refractivity contribution is 8.13. The average Bonchev–Trinajstić information content (AvgIpc) is 1.64. The molecule has 4 amide bonds. The summed E-state index contributed by atoms with van der Waals surface area (Å²) in [7, 11) is -1.12. The molecule has 0 aromatic rings. The highest BCUT2D eigenvalue weighted by Crippen LogP contribution is 2.44. The zero-order chi connectivity index (χ0) is 85.9. The molecule has 0 unspecified atom stereocenters. The van der Waals surface area contributed by atoms with Crippen LogP contribution in [0.15, 0.2) is 32.0 Å². The van der Waals surface area contributed by atoms with Gasteiger partial charge in [0.15, 0.2) is 0 Å². The standard InChI is InChI=1S/C18H26F3N3O3S.C17H25F3N2O.2C16H24F3N3O.C2H4Cl2O2S.C2HF3O.CH2Cl2.CH4O.CH4/c1-2-28(26,27)24-11-9-17(10-12-24)16(25)22-15(23-17)14-5-3-13(4-6-14)7-8-18(19,20)21;18-17(19,20)11-8-12-4-6-13(7-5-12)14-21-15(23)16(22-14)9-2-1-3-10-16;2*17-16(18,19)6-5-11-1-3-12(4-2-11)13-21-14(23)15(22-13)7-9-20-10-8-15;3-1-2-7(4,5)6;3-2(4,5)1-6;2-1-3;1-2;/h2,13-14H,1,3-12H2,(H,22,23,25);12-13H,1-11H2,(H,21,22,23);2*11-12,20H,1-10H2,(H,21,22,23);1-2H2;1H;1H2;2H,1H3;1H4. The zero-order valence-corrected chi connectivity index (χ0v) is 69.1. The molecule has 3 saturated heterocycles. The number of piperidine rings is 3. The van der Waals surface area contributed by atoms with Crippen LogP contribution in [0.3, 0.4) is 0 Å². The van der Waals surface area contributed by atoms with Crippen molar-refractivity contribution in [2.24, 2.45) is 67.3 Å². The van der Waals surface area contributed by atoms with Crippen LogP contribution >= 0.6 is 45.5 Å². The molecule has 12 rings (SSSR count). The molecular weight excluding hydrogens is 1690 g/mol. The summed E-state index contributed by atoms with van der Waals surface area (Å²) in [5.74, 6) is 3.99. The Morgan fingerprint density at radius 3 is 0.871 bits per heavy atom. The van der Waals surface area contributed by atoms with Gasteiger partial charge in [0, 0.05) is 91.5 Å². The number of amides is 4. The van der Waals surface area contributed by atoms with Crippen molar-refractivity contribution in [3.8, 4) is 0 Å². The zero-order valence-electron chi connectivity index (χ0n) is 64.4. The molecular formula is C74H114Cl4F15N11O10S2. The summed E-state index contributed by atoms with van der Waals surface area (Å²) in [5, 5.41) is 26.4. The highest BCUT2D eigenvalue weighted by atomic mass is 35.7. The Hall–Kier alpha value is -4.18. The van der Waals surface area contributed by atoms with E-state index in [4.69, 9.17) is 70.4 Å². The third kappa shape index (κ3) is 34.6. The molecule has 0 radical (unpaired) electrons. The number of aldehydes is 1. The summed E-state index contributed by atoms with van der Waals surface area (Å²) >= 11 is 14.6. The molecule has 8 fully saturated rings. The number of aliphatic imine (C=N–C) groups is 4. The van der Waals surface area contributed by atoms with E-state index in [1.54, 1.807) is 0 Å². The largest absolute Gasteiger partial charge is 0.446 e. The van der Waals surface area contributed by atoms with Crippen molar-refractivity contribution in [3.05, 3.63) is 12.0 Å². The Morgan fingerprint density at radius 2 is 0.672 bits per heavy atom. The molecule has 12 aliphatic rings. The quantitative estimate of drug-likeness (QED) is 0.0328. The first-order chi connectivity index (χ1) is 53.7. The van der Waals surface area contributed by atoms with Gasteiger partial charge in [-0.2, -0.15) is 70.2 Å². The monoisotopic (exact) mass is 1810 g/mol. The number of nitrogens with one attached hydrogen (secondary N) is 6. The minimum absolute atomic E-state index is 0. The van der Waals surface area contributed by atoms with Gasteiger partial charge in [0.05, 0.1) is 11.1 Å². The Labute approximate surface area is 689 Å². The second-order valence-corrected chi connectivity index (χ2v) is 37.2. The lowest BCUT2D eigenvalue weighted by molar-refractivity contribution is -0.156. The minimum atomic E-state index is -4.64. The number of aliphatic hydroxyl groups is 1. The second kappa shape index (κ2) is 46.9. The van der Waals surface area contributed by atoms with Crippen molar-refractivity contribution in [3.63, 3.8) is 0 Å². The van der Waals surface area contributed by atoms with Crippen molar-refractivity contribution >= 4 is 118 Å². The minimum Gasteiger partial charge on any atom is -0.400 e. The summed E-state index contributed by atoms with van der Waals surface area (Å²) < 4.78 is 224. The fourth-order valence-electron chi connectivity index (χ4n) is 16.8. The molecule has 7 heterocycles. The van der Waals surface area contributed by atoms with Gasteiger partial charge in [0.2, 0.25) is 25.4 Å². The lowest BCUT2D eigenvalue weighted by Crippen LogP contribution is -2.50. The third-order valence-corrected chi connectivity index (χ3v) is 26.5. The van der Waals surface area contributed by atoms with E-state index in [0.717, 1.165) is 185 Å². The van der Waals surface area contributed by atoms with Gasteiger partial charge < -0.3 is 37.0 Å². The predicted octanol–water partition coefficient (Wildman–Crippen LogP) is 16.1. The van der Waals surface area contributed by atoms with E-state index >= 15 is 0 Å². The molecule has 42 heteroatoms. The number of aliphatic hydroxyl groups excluding tert-OH is 1. The van der Waals surface area contributed by atoms with Gasteiger partial charge in [0.1, 0.15) is 45.5 Å². The molecule has 0 aromatic heterocycles. The predicted molar refractivity (Wildman–Crippen MR) is 417 cm³/mol. The molecule has 7 N–H and O–H groups in total. The van der Waals surface area contributed by atoms with E-state index < -0.39 is 104 Å². The van der Waals surface area contributed by atoms with Gasteiger partial charge in [-0.3, -0.25) is 43.9 Å². The van der Waals surface area contributed by atoms with Gasteiger partial charge in [-0.15, -0.1) is 34.8 Å². The van der Waals surface area contributed by atoms with Crippen molar-refractivity contribution in [2.75, 3.05) is 63.4 Å². The first-order valence-corrected chi connectivity index (χ1v) is 44.8. The Balaban J connectivity index is 0.000000303. The molecule has 21 nitrogen and oxygen atoms in total. The second-order valence-electron chi connectivity index (χ2n) is 31.3. The van der Waals surface area contributed by atoms with E-state index in [1.807, 2.05) is 0 Å². The van der Waals surface area contributed by atoms with Crippen LogP contribution < -0.4 is 31.9 Å². The summed E-state index contributed by atoms with van der Waals surface area (Å²) in [6.07, 6.45) is -2.79. The number of alkyl halides is 18. The molecule has 116 heavy (non-hydrogen) atoms. The molecule has 4 spiro atoms. The maximum Gasteiger partial charge on any atom is 0.446 e. The van der Waals surface area contributed by atoms with Crippen LogP contribution in [0.25, 0.3) is 0 Å². The topological polar surface area (TPSA) is 299 Å². The third-order valence-electron chi connectivity index (χ3n) is 23.4. The lowest BCUT2D eigenvalue weighted by Gasteiger charge is -2.34. The Kier molecular flexibility index (Phi) is 42.1. The average molecular weight is 1810 g/mol. The summed E-state index contributed by atoms with van der Waals surface area (Å²) in [6.45, 7) is 6.94. The van der Waals surface area contributed by atoms with Crippen LogP contribution in [0.5, 0.6) is 0 Å². The number of hydrogen-bond donors (Lipinski definition) is 7. The molecule has 5 aliphatic carbocycles. The number of hydrogen-bond acceptors (Lipinski definition) is 16. The fraction of sp³-hybridized carbons (Fsp3) is 0.851. The number of carbonyl (C=O) groups is 5. The first-order valence-electron chi connectivity index (χ1n) is 39.3. The summed E-state index contributed by atoms with van der Waals surface area (Å²) in [6, 6.07) is 0. The molecule has 0 atom stereocenters. The van der Waals surface area contributed by atoms with Gasteiger partial charge in [-0.05, 0) is 230 Å². The van der Waals surface area contributed by atoms with Crippen molar-refractivity contribution in [2.45, 2.75) is 285 Å². The van der Waals surface area contributed by atoms with Crippen molar-refractivity contribution < 1.29 is 112 Å². The number of nitrogens with zero attached hydrogens (tertiary/aromatic N) is 5. The Bertz CT molecular complexity index is 3260. The van der Waals surface area contributed by atoms with Crippen LogP contribution in [0.4, 0.5) is 65.9 Å². The van der Waals surface area contributed by atoms with Crippen LogP contribution in [-0.2, 0) is 43.0 Å². The molecule has 0 bridgehead atoms. The van der Waals surface area contributed by atoms with E-state index in [9.17, 15) is 102 Å². The number of rotatable bonds is 16. The van der Waals surface area contributed by atoms with Gasteiger partial charge in [-0.1, -0.05) is 33.3 Å². The summed E-state index contributed by atoms with van der Waals surface area (Å²) in [5.41, 5.74) is -2.63. The molecule has 7 aliphatic heterocycles. The smallest absolute Gasteiger partial charge is 0.400 e. The molecule has 5 saturated carbocycles. The van der Waals surface area contributed by atoms with Crippen LogP contribution in [0, 0.1) is 47.3 Å². The van der Waals surface area contributed by atoms with E-state index in [0.29, 0.717) is 44.4 Å². The van der Waals surface area contributed by atoms with Gasteiger partial charge in [-0.25, -0.2) is 16.8 Å². The van der Waals surface area contributed by atoms with Crippen LogP contribution in [-0.4, -0.2) is 196 Å². The number of carbonyl (C=O) groups excluding carboxylic acids is 5. The lowest BCUT2D eigenvalue weighted by atomic mass is 9.79. The maximum absolute atomic E-state index is 12.6. The SMILES string of the molecule is C.C=CS(=O)(=O)N1CCC2(CC1)N=C(C1CCC(CCC(F)(F)F)CC1)NC2=O.CO.ClCCl.O=C1NC(C2CCC(CCC(F)(F)F)CC2)=NC12CCCCC2.O=C1NC(C2CCC(CCC(F)(F)F)CC2)=NC12CCNCC2.O=C1NC(C2CCC(CCC(F)(F)F)CC2)=NC12CCNCC2.O=CC(F)(F)F.O=S(=O)(Cl)CCCl. The number of amidine groups is 4. The van der Waals surface area contributed by atoms with Crippen molar-refractivity contribution in [1.82, 2.24) is 36.2 Å². The normalized spacial score (nSPS) is 26.9. The Morgan fingerprint density at radius 1 is 0.440 bits per heavy atom.